The van der Waals surface area contributed by atoms with Crippen LogP contribution in [0.1, 0.15) is 20.7 Å². The van der Waals surface area contributed by atoms with Crippen molar-refractivity contribution in [2.24, 2.45) is 0 Å². The summed E-state index contributed by atoms with van der Waals surface area (Å²) in [6, 6.07) is 4.43. The van der Waals surface area contributed by atoms with Crippen LogP contribution in [-0.4, -0.2) is 31.0 Å². The van der Waals surface area contributed by atoms with E-state index in [1.54, 1.807) is 0 Å². The van der Waals surface area contributed by atoms with E-state index in [1.165, 1.54) is 32.3 Å². The Morgan fingerprint density at radius 3 is 1.80 bits per heavy atom. The Hall–Kier alpha value is -2.04. The maximum Gasteiger partial charge on any atom is 0.254 e. The third-order valence-electron chi connectivity index (χ3n) is 1.98. The number of phenols is 1. The van der Waals surface area contributed by atoms with E-state index in [-0.39, 0.29) is 16.9 Å². The number of carbonyl (C=O) groups is 2. The van der Waals surface area contributed by atoms with Gasteiger partial charge in [-0.15, -0.1) is 0 Å². The number of phenolic OH excluding ortho intramolecular Hbond substituents is 1. The van der Waals surface area contributed by atoms with E-state index >= 15 is 0 Å². The second-order valence-corrected chi connectivity index (χ2v) is 2.86. The van der Waals surface area contributed by atoms with Crippen LogP contribution in [0, 0.1) is 0 Å². The largest absolute Gasteiger partial charge is 0.506 e. The molecule has 0 aliphatic heterocycles. The van der Waals surface area contributed by atoms with Gasteiger partial charge in [-0.2, -0.15) is 0 Å². The lowest BCUT2D eigenvalue weighted by Crippen LogP contribution is -2.21. The number of carbonyl (C=O) groups excluding carboxylic acids is 2. The van der Waals surface area contributed by atoms with Crippen molar-refractivity contribution in [3.8, 4) is 5.75 Å². The number of rotatable bonds is 2. The summed E-state index contributed by atoms with van der Waals surface area (Å²) in [5.74, 6) is -1.17. The fourth-order valence-electron chi connectivity index (χ4n) is 1.18. The molecule has 80 valence electrons. The first-order chi connectivity index (χ1) is 7.11. The molecule has 1 aromatic carbocycles. The van der Waals surface area contributed by atoms with Gasteiger partial charge >= 0.3 is 0 Å². The van der Waals surface area contributed by atoms with Gasteiger partial charge in [0.05, 0.1) is 11.1 Å². The molecule has 0 spiro atoms. The van der Waals surface area contributed by atoms with Crippen LogP contribution < -0.4 is 10.6 Å². The first-order valence-corrected chi connectivity index (χ1v) is 4.38. The molecule has 15 heavy (non-hydrogen) atoms. The molecular formula is C10H12N2O3. The topological polar surface area (TPSA) is 78.4 Å². The van der Waals surface area contributed by atoms with Gasteiger partial charge in [-0.05, 0) is 12.1 Å². The van der Waals surface area contributed by atoms with Gasteiger partial charge in [0.25, 0.3) is 11.8 Å². The minimum atomic E-state index is -0.432. The molecule has 1 rings (SSSR count). The number of amides is 2. The molecule has 0 atom stereocenters. The maximum absolute atomic E-state index is 11.3. The smallest absolute Gasteiger partial charge is 0.254 e. The summed E-state index contributed by atoms with van der Waals surface area (Å²) < 4.78 is 0. The van der Waals surface area contributed by atoms with Crippen molar-refractivity contribution >= 4 is 11.8 Å². The summed E-state index contributed by atoms with van der Waals surface area (Å²) in [5, 5.41) is 14.4. The van der Waals surface area contributed by atoms with E-state index in [1.807, 2.05) is 0 Å². The zero-order valence-corrected chi connectivity index (χ0v) is 8.50. The molecule has 0 fully saturated rings. The number of nitrogens with one attached hydrogen (secondary N) is 2. The van der Waals surface area contributed by atoms with Crippen LogP contribution in [0.3, 0.4) is 0 Å². The summed E-state index contributed by atoms with van der Waals surface area (Å²) >= 11 is 0. The van der Waals surface area contributed by atoms with Crippen LogP contribution >= 0.6 is 0 Å². The standard InChI is InChI=1S/C10H12N2O3/c1-11-9(14)6-4-3-5-7(8(6)13)10(15)12-2/h3-5,13H,1-2H3,(H,11,14)(H,12,15). The van der Waals surface area contributed by atoms with Gasteiger partial charge in [0.15, 0.2) is 0 Å². The number of hydrogen-bond acceptors (Lipinski definition) is 3. The first-order valence-electron chi connectivity index (χ1n) is 4.38. The number of para-hydroxylation sites is 1. The molecule has 0 aliphatic rings. The third kappa shape index (κ3) is 2.07. The summed E-state index contributed by atoms with van der Waals surface area (Å²) in [6.07, 6.45) is 0. The second-order valence-electron chi connectivity index (χ2n) is 2.86. The van der Waals surface area contributed by atoms with Gasteiger partial charge in [0.2, 0.25) is 0 Å². The first kappa shape index (κ1) is 11.0. The lowest BCUT2D eigenvalue weighted by molar-refractivity contribution is 0.0958. The SMILES string of the molecule is CNC(=O)c1cccc(C(=O)NC)c1O. The Morgan fingerprint density at radius 1 is 1.07 bits per heavy atom. The predicted molar refractivity (Wildman–Crippen MR) is 54.9 cm³/mol. The molecule has 0 bridgehead atoms. The Kier molecular flexibility index (Phi) is 3.28. The molecule has 5 nitrogen and oxygen atoms in total. The lowest BCUT2D eigenvalue weighted by Gasteiger charge is -2.07. The molecule has 2 amide bonds. The zero-order chi connectivity index (χ0) is 11.4. The second kappa shape index (κ2) is 4.45. The van der Waals surface area contributed by atoms with Crippen LogP contribution in [0.4, 0.5) is 0 Å². The molecule has 0 heterocycles. The van der Waals surface area contributed by atoms with E-state index in [4.69, 9.17) is 0 Å². The molecule has 0 aliphatic carbocycles. The number of benzene rings is 1. The lowest BCUT2D eigenvalue weighted by atomic mass is 10.1. The monoisotopic (exact) mass is 208 g/mol. The Morgan fingerprint density at radius 2 is 1.47 bits per heavy atom. The molecule has 5 heteroatoms. The predicted octanol–water partition coefficient (Wildman–Crippen LogP) is 0.111. The van der Waals surface area contributed by atoms with Crippen LogP contribution in [0.2, 0.25) is 0 Å². The minimum absolute atomic E-state index is 0.0820. The summed E-state index contributed by atoms with van der Waals surface area (Å²) in [6.45, 7) is 0. The molecule has 0 saturated carbocycles. The summed E-state index contributed by atoms with van der Waals surface area (Å²) in [4.78, 5) is 22.6. The minimum Gasteiger partial charge on any atom is -0.506 e. The Labute approximate surface area is 87.1 Å². The van der Waals surface area contributed by atoms with E-state index in [2.05, 4.69) is 10.6 Å². The maximum atomic E-state index is 11.3. The van der Waals surface area contributed by atoms with Gasteiger partial charge in [-0.1, -0.05) is 6.07 Å². The van der Waals surface area contributed by atoms with E-state index in [0.717, 1.165) is 0 Å². The van der Waals surface area contributed by atoms with Crippen molar-refractivity contribution in [1.29, 1.82) is 0 Å². The normalized spacial score (nSPS) is 9.47. The highest BCUT2D eigenvalue weighted by Gasteiger charge is 2.16. The quantitative estimate of drug-likeness (QED) is 0.645. The highest BCUT2D eigenvalue weighted by Crippen LogP contribution is 2.21. The average Bonchev–Trinajstić information content (AvgIpc) is 2.27. The van der Waals surface area contributed by atoms with E-state index < -0.39 is 11.8 Å². The van der Waals surface area contributed by atoms with Crippen molar-refractivity contribution in [3.63, 3.8) is 0 Å². The summed E-state index contributed by atoms with van der Waals surface area (Å²) in [7, 11) is 2.91. The van der Waals surface area contributed by atoms with E-state index in [0.29, 0.717) is 0 Å². The fourth-order valence-corrected chi connectivity index (χ4v) is 1.18. The third-order valence-corrected chi connectivity index (χ3v) is 1.98. The van der Waals surface area contributed by atoms with Crippen LogP contribution in [0.15, 0.2) is 18.2 Å². The van der Waals surface area contributed by atoms with E-state index in [9.17, 15) is 14.7 Å². The van der Waals surface area contributed by atoms with Gasteiger partial charge in [-0.25, -0.2) is 0 Å². The number of aromatic hydroxyl groups is 1. The van der Waals surface area contributed by atoms with Gasteiger partial charge < -0.3 is 15.7 Å². The molecule has 0 saturated heterocycles. The molecule has 0 radical (unpaired) electrons. The molecule has 3 N–H and O–H groups in total. The molecule has 0 aromatic heterocycles. The van der Waals surface area contributed by atoms with Gasteiger partial charge in [-0.3, -0.25) is 9.59 Å². The fraction of sp³-hybridized carbons (Fsp3) is 0.200. The molecule has 1 aromatic rings. The van der Waals surface area contributed by atoms with Crippen LogP contribution in [-0.2, 0) is 0 Å². The molecule has 0 unspecified atom stereocenters. The van der Waals surface area contributed by atoms with Gasteiger partial charge in [0.1, 0.15) is 5.75 Å². The van der Waals surface area contributed by atoms with Crippen molar-refractivity contribution in [2.45, 2.75) is 0 Å². The highest BCUT2D eigenvalue weighted by atomic mass is 16.3. The van der Waals surface area contributed by atoms with Crippen molar-refractivity contribution < 1.29 is 14.7 Å². The Balaban J connectivity index is 3.23. The van der Waals surface area contributed by atoms with Gasteiger partial charge in [0, 0.05) is 14.1 Å². The van der Waals surface area contributed by atoms with Crippen molar-refractivity contribution in [3.05, 3.63) is 29.3 Å². The zero-order valence-electron chi connectivity index (χ0n) is 8.50. The highest BCUT2D eigenvalue weighted by molar-refractivity contribution is 6.03. The summed E-state index contributed by atoms with van der Waals surface area (Å²) in [5.41, 5.74) is 0.164. The van der Waals surface area contributed by atoms with Crippen molar-refractivity contribution in [2.75, 3.05) is 14.1 Å². The number of hydrogen-bond donors (Lipinski definition) is 3. The Bertz CT molecular complexity index is 367. The van der Waals surface area contributed by atoms with Crippen LogP contribution in [0.5, 0.6) is 5.75 Å². The van der Waals surface area contributed by atoms with Crippen molar-refractivity contribution in [1.82, 2.24) is 10.6 Å². The molecular weight excluding hydrogens is 196 g/mol. The van der Waals surface area contributed by atoms with Crippen LogP contribution in [0.25, 0.3) is 0 Å². The average molecular weight is 208 g/mol.